The lowest BCUT2D eigenvalue weighted by molar-refractivity contribution is -0.137. The molecular weight excluding hydrogens is 521 g/mol. The van der Waals surface area contributed by atoms with Crippen LogP contribution in [0, 0.1) is 5.92 Å². The molecule has 2 aliphatic rings. The number of carbonyl (C=O) groups is 1. The van der Waals surface area contributed by atoms with Crippen molar-refractivity contribution in [1.82, 2.24) is 9.80 Å². The molecule has 0 spiro atoms. The maximum atomic E-state index is 13.2. The molecular formula is C30H41F3N4O3. The first-order chi connectivity index (χ1) is 19.1. The molecule has 2 aromatic carbocycles. The quantitative estimate of drug-likeness (QED) is 0.444. The summed E-state index contributed by atoms with van der Waals surface area (Å²) < 4.78 is 50.3. The summed E-state index contributed by atoms with van der Waals surface area (Å²) in [6, 6.07) is 11.7. The Kier molecular flexibility index (Phi) is 9.84. The molecule has 0 radical (unpaired) electrons. The van der Waals surface area contributed by atoms with Gasteiger partial charge in [0.05, 0.1) is 19.8 Å². The Morgan fingerprint density at radius 1 is 1.00 bits per heavy atom. The van der Waals surface area contributed by atoms with E-state index in [2.05, 4.69) is 29.0 Å². The summed E-state index contributed by atoms with van der Waals surface area (Å²) in [6.45, 7) is 9.26. The molecule has 220 valence electrons. The fourth-order valence-corrected chi connectivity index (χ4v) is 5.89. The van der Waals surface area contributed by atoms with Gasteiger partial charge in [-0.1, -0.05) is 6.07 Å². The van der Waals surface area contributed by atoms with Crippen LogP contribution in [0.2, 0.25) is 0 Å². The Hall–Kier alpha value is -2.98. The lowest BCUT2D eigenvalue weighted by Gasteiger charge is -2.48. The van der Waals surface area contributed by atoms with Gasteiger partial charge in [0.15, 0.2) is 0 Å². The van der Waals surface area contributed by atoms with E-state index in [1.807, 2.05) is 4.90 Å². The van der Waals surface area contributed by atoms with Crippen molar-refractivity contribution >= 4 is 17.3 Å². The zero-order valence-corrected chi connectivity index (χ0v) is 23.8. The highest BCUT2D eigenvalue weighted by Gasteiger charge is 2.36. The first-order valence-electron chi connectivity index (χ1n) is 14.0. The molecule has 7 nitrogen and oxygen atoms in total. The van der Waals surface area contributed by atoms with E-state index in [0.29, 0.717) is 60.4 Å². The lowest BCUT2D eigenvalue weighted by atomic mass is 9.86. The van der Waals surface area contributed by atoms with Crippen molar-refractivity contribution < 1.29 is 27.4 Å². The van der Waals surface area contributed by atoms with Gasteiger partial charge in [-0.2, -0.15) is 13.2 Å². The molecule has 2 atom stereocenters. The number of halogens is 3. The van der Waals surface area contributed by atoms with Crippen molar-refractivity contribution in [3.8, 4) is 11.5 Å². The number of ether oxygens (including phenoxy) is 2. The highest BCUT2D eigenvalue weighted by atomic mass is 19.4. The van der Waals surface area contributed by atoms with Gasteiger partial charge in [-0.05, 0) is 57.4 Å². The first-order valence-corrected chi connectivity index (χ1v) is 14.0. The second-order valence-electron chi connectivity index (χ2n) is 11.0. The van der Waals surface area contributed by atoms with Crippen LogP contribution in [0.4, 0.5) is 24.5 Å². The number of nitrogens with one attached hydrogen (secondary N) is 1. The largest absolute Gasteiger partial charge is 0.497 e. The van der Waals surface area contributed by atoms with Crippen LogP contribution in [-0.4, -0.2) is 81.3 Å². The smallest absolute Gasteiger partial charge is 0.416 e. The molecule has 2 saturated heterocycles. The molecule has 0 unspecified atom stereocenters. The predicted molar refractivity (Wildman–Crippen MR) is 151 cm³/mol. The first kappa shape index (κ1) is 30.0. The van der Waals surface area contributed by atoms with Gasteiger partial charge in [0.25, 0.3) is 0 Å². The van der Waals surface area contributed by atoms with E-state index >= 15 is 0 Å². The number of hydrogen-bond donors (Lipinski definition) is 1. The normalized spacial score (nSPS) is 20.9. The zero-order valence-electron chi connectivity index (χ0n) is 23.8. The standard InChI is InChI=1S/C30H41F3N4O3/c1-21(2)37-11-10-28(36-14-12-35(13-15-36)25-7-5-6-23(16-25)30(31,32)33)22(20-37)8-9-29(38)34-24-17-26(39-3)19-27(18-24)40-4/h5-7,16-19,21-22,28H,8-15,20H2,1-4H3,(H,34,38)/t22-,28+/m0/s1. The van der Waals surface area contributed by atoms with Crippen LogP contribution in [-0.2, 0) is 11.0 Å². The van der Waals surface area contributed by atoms with Gasteiger partial charge in [0, 0.05) is 80.8 Å². The maximum Gasteiger partial charge on any atom is 0.416 e. The Morgan fingerprint density at radius 2 is 1.68 bits per heavy atom. The molecule has 10 heteroatoms. The third kappa shape index (κ3) is 7.60. The SMILES string of the molecule is COc1cc(NC(=O)CC[C@H]2CN(C(C)C)CC[C@H]2N2CCN(c3cccc(C(F)(F)F)c3)CC2)cc(OC)c1. The summed E-state index contributed by atoms with van der Waals surface area (Å²) >= 11 is 0. The van der Waals surface area contributed by atoms with E-state index in [9.17, 15) is 18.0 Å². The fraction of sp³-hybridized carbons (Fsp3) is 0.567. The summed E-state index contributed by atoms with van der Waals surface area (Å²) in [5.74, 6) is 1.49. The number of methoxy groups -OCH3 is 2. The molecule has 2 heterocycles. The van der Waals surface area contributed by atoms with E-state index < -0.39 is 11.7 Å². The number of hydrogen-bond acceptors (Lipinski definition) is 6. The minimum Gasteiger partial charge on any atom is -0.497 e. The van der Waals surface area contributed by atoms with Gasteiger partial charge in [-0.25, -0.2) is 0 Å². The molecule has 0 aromatic heterocycles. The number of nitrogens with zero attached hydrogens (tertiary/aromatic N) is 3. The summed E-state index contributed by atoms with van der Waals surface area (Å²) in [6.07, 6.45) is -2.17. The van der Waals surface area contributed by atoms with E-state index in [1.54, 1.807) is 38.5 Å². The Bertz CT molecular complexity index is 1110. The topological polar surface area (TPSA) is 57.3 Å². The van der Waals surface area contributed by atoms with E-state index in [0.717, 1.165) is 45.1 Å². The second kappa shape index (κ2) is 13.1. The van der Waals surface area contributed by atoms with E-state index in [-0.39, 0.29) is 5.91 Å². The van der Waals surface area contributed by atoms with Crippen LogP contribution in [0.15, 0.2) is 42.5 Å². The van der Waals surface area contributed by atoms with Gasteiger partial charge in [-0.3, -0.25) is 9.69 Å². The third-order valence-corrected chi connectivity index (χ3v) is 8.15. The summed E-state index contributed by atoms with van der Waals surface area (Å²) in [5, 5.41) is 2.99. The molecule has 2 aromatic rings. The summed E-state index contributed by atoms with van der Waals surface area (Å²) in [5.41, 5.74) is 0.640. The Labute approximate surface area is 235 Å². The van der Waals surface area contributed by atoms with Gasteiger partial charge in [0.2, 0.25) is 5.91 Å². The molecule has 2 aliphatic heterocycles. The number of likely N-dealkylation sites (tertiary alicyclic amines) is 1. The van der Waals surface area contributed by atoms with Crippen molar-refractivity contribution in [3.05, 3.63) is 48.0 Å². The molecule has 4 rings (SSSR count). The third-order valence-electron chi connectivity index (χ3n) is 8.15. The monoisotopic (exact) mass is 562 g/mol. The molecule has 0 saturated carbocycles. The van der Waals surface area contributed by atoms with Gasteiger partial charge in [-0.15, -0.1) is 0 Å². The molecule has 40 heavy (non-hydrogen) atoms. The van der Waals surface area contributed by atoms with Crippen molar-refractivity contribution in [2.45, 2.75) is 51.4 Å². The number of carbonyl (C=O) groups excluding carboxylic acids is 1. The number of anilines is 2. The highest BCUT2D eigenvalue weighted by molar-refractivity contribution is 5.91. The molecule has 1 amide bonds. The lowest BCUT2D eigenvalue weighted by Crippen LogP contribution is -2.57. The average molecular weight is 563 g/mol. The van der Waals surface area contributed by atoms with Crippen LogP contribution in [0.5, 0.6) is 11.5 Å². The van der Waals surface area contributed by atoms with Crippen LogP contribution in [0.3, 0.4) is 0 Å². The van der Waals surface area contributed by atoms with E-state index in [4.69, 9.17) is 9.47 Å². The minimum atomic E-state index is -4.35. The summed E-state index contributed by atoms with van der Waals surface area (Å²) in [4.78, 5) is 19.9. The molecule has 0 bridgehead atoms. The Balaban J connectivity index is 1.38. The van der Waals surface area contributed by atoms with Crippen molar-refractivity contribution in [2.24, 2.45) is 5.92 Å². The number of piperazine rings is 1. The second-order valence-corrected chi connectivity index (χ2v) is 11.0. The fourth-order valence-electron chi connectivity index (χ4n) is 5.89. The van der Waals surface area contributed by atoms with Crippen molar-refractivity contribution in [2.75, 3.05) is 63.7 Å². The molecule has 1 N–H and O–H groups in total. The summed E-state index contributed by atoms with van der Waals surface area (Å²) in [7, 11) is 3.15. The number of amides is 1. The van der Waals surface area contributed by atoms with Crippen LogP contribution in [0.1, 0.15) is 38.7 Å². The Morgan fingerprint density at radius 3 is 2.27 bits per heavy atom. The van der Waals surface area contributed by atoms with Gasteiger partial charge < -0.3 is 24.6 Å². The van der Waals surface area contributed by atoms with E-state index in [1.165, 1.54) is 12.1 Å². The van der Waals surface area contributed by atoms with Crippen molar-refractivity contribution in [1.29, 1.82) is 0 Å². The number of benzene rings is 2. The minimum absolute atomic E-state index is 0.0508. The predicted octanol–water partition coefficient (Wildman–Crippen LogP) is 5.36. The van der Waals surface area contributed by atoms with Crippen LogP contribution in [0.25, 0.3) is 0 Å². The molecule has 2 fully saturated rings. The van der Waals surface area contributed by atoms with Gasteiger partial charge in [0.1, 0.15) is 11.5 Å². The maximum absolute atomic E-state index is 13.2. The zero-order chi connectivity index (χ0) is 28.9. The highest BCUT2D eigenvalue weighted by Crippen LogP contribution is 2.33. The average Bonchev–Trinajstić information content (AvgIpc) is 2.95. The number of rotatable bonds is 9. The van der Waals surface area contributed by atoms with Crippen LogP contribution < -0.4 is 19.7 Å². The van der Waals surface area contributed by atoms with Gasteiger partial charge >= 0.3 is 6.18 Å². The number of alkyl halides is 3. The van der Waals surface area contributed by atoms with Crippen molar-refractivity contribution in [3.63, 3.8) is 0 Å². The number of piperidine rings is 1. The van der Waals surface area contributed by atoms with Crippen LogP contribution >= 0.6 is 0 Å². The molecule has 0 aliphatic carbocycles.